The number of likely N-dealkylation sites (N-methyl/N-ethyl adjacent to an activating group) is 1. The lowest BCUT2D eigenvalue weighted by Gasteiger charge is -2.42. The molecule has 2 saturated heterocycles. The van der Waals surface area contributed by atoms with Gasteiger partial charge in [0, 0.05) is 39.8 Å². The molecule has 1 atom stereocenters. The Morgan fingerprint density at radius 3 is 2.65 bits per heavy atom. The van der Waals surface area contributed by atoms with Crippen LogP contribution < -0.4 is 5.32 Å². The van der Waals surface area contributed by atoms with Crippen LogP contribution in [0.25, 0.3) is 0 Å². The molecule has 2 heterocycles. The lowest BCUT2D eigenvalue weighted by atomic mass is 9.78. The van der Waals surface area contributed by atoms with Crippen LogP contribution in [-0.2, 0) is 0 Å². The smallest absolute Gasteiger partial charge is 0.193 e. The maximum absolute atomic E-state index is 4.56. The number of halogens is 1. The van der Waals surface area contributed by atoms with Crippen molar-refractivity contribution in [3.63, 3.8) is 0 Å². The maximum Gasteiger partial charge on any atom is 0.193 e. The van der Waals surface area contributed by atoms with Gasteiger partial charge in [-0.2, -0.15) is 0 Å². The maximum atomic E-state index is 4.56. The van der Waals surface area contributed by atoms with E-state index in [1.165, 1.54) is 71.2 Å². The predicted octanol–water partition coefficient (Wildman–Crippen LogP) is 3.11. The van der Waals surface area contributed by atoms with Crippen LogP contribution >= 0.6 is 24.0 Å². The largest absolute Gasteiger partial charge is 0.356 e. The first-order chi connectivity index (χ1) is 12.1. The van der Waals surface area contributed by atoms with E-state index >= 15 is 0 Å². The molecule has 0 aromatic carbocycles. The summed E-state index contributed by atoms with van der Waals surface area (Å²) in [6.07, 6.45) is 7.75. The van der Waals surface area contributed by atoms with Crippen LogP contribution in [0.2, 0.25) is 0 Å². The van der Waals surface area contributed by atoms with Crippen LogP contribution in [0.5, 0.6) is 0 Å². The average Bonchev–Trinajstić information content (AvgIpc) is 2.79. The summed E-state index contributed by atoms with van der Waals surface area (Å²) in [4.78, 5) is 12.1. The van der Waals surface area contributed by atoms with E-state index in [0.29, 0.717) is 5.41 Å². The van der Waals surface area contributed by atoms with E-state index in [9.17, 15) is 0 Å². The van der Waals surface area contributed by atoms with E-state index < -0.39 is 0 Å². The van der Waals surface area contributed by atoms with Crippen LogP contribution in [0.1, 0.15) is 52.4 Å². The first-order valence-electron chi connectivity index (χ1n) is 10.4. The van der Waals surface area contributed by atoms with E-state index in [2.05, 4.69) is 45.9 Å². The summed E-state index contributed by atoms with van der Waals surface area (Å²) in [5.41, 5.74) is 0.461. The number of nitrogens with one attached hydrogen (secondary N) is 1. The third kappa shape index (κ3) is 7.89. The van der Waals surface area contributed by atoms with Crippen molar-refractivity contribution in [2.75, 3.05) is 66.5 Å². The summed E-state index contributed by atoms with van der Waals surface area (Å²) >= 11 is 0. The van der Waals surface area contributed by atoms with Crippen molar-refractivity contribution in [2.24, 2.45) is 10.4 Å². The monoisotopic (exact) mass is 479 g/mol. The molecule has 0 aliphatic carbocycles. The van der Waals surface area contributed by atoms with E-state index in [0.717, 1.165) is 25.6 Å². The number of piperidine rings is 1. The van der Waals surface area contributed by atoms with Crippen LogP contribution in [0.3, 0.4) is 0 Å². The molecule has 1 N–H and O–H groups in total. The number of likely N-dealkylation sites (tertiary alicyclic amines) is 1. The van der Waals surface area contributed by atoms with Gasteiger partial charge in [0.05, 0.1) is 0 Å². The highest BCUT2D eigenvalue weighted by atomic mass is 127. The Labute approximate surface area is 179 Å². The molecule has 0 saturated carbocycles. The molecule has 2 aliphatic rings. The van der Waals surface area contributed by atoms with E-state index in [1.54, 1.807) is 0 Å². The summed E-state index contributed by atoms with van der Waals surface area (Å²) in [6, 6.07) is 0. The number of hydrogen-bond acceptors (Lipinski definition) is 3. The Morgan fingerprint density at radius 2 is 1.92 bits per heavy atom. The lowest BCUT2D eigenvalue weighted by molar-refractivity contribution is 0.142. The zero-order valence-electron chi connectivity index (χ0n) is 17.6. The minimum atomic E-state index is 0. The van der Waals surface area contributed by atoms with Gasteiger partial charge in [0.1, 0.15) is 0 Å². The number of guanidine groups is 1. The van der Waals surface area contributed by atoms with Gasteiger partial charge in [-0.1, -0.05) is 20.3 Å². The van der Waals surface area contributed by atoms with Gasteiger partial charge in [0.2, 0.25) is 0 Å². The van der Waals surface area contributed by atoms with Gasteiger partial charge in [0.25, 0.3) is 0 Å². The molecule has 0 amide bonds. The second-order valence-corrected chi connectivity index (χ2v) is 8.41. The fourth-order valence-electron chi connectivity index (χ4n) is 4.46. The molecule has 154 valence electrons. The van der Waals surface area contributed by atoms with Crippen LogP contribution in [0, 0.1) is 5.41 Å². The van der Waals surface area contributed by atoms with Crippen molar-refractivity contribution in [1.82, 2.24) is 20.0 Å². The highest BCUT2D eigenvalue weighted by molar-refractivity contribution is 14.0. The molecule has 0 aromatic rings. The Morgan fingerprint density at radius 1 is 1.12 bits per heavy atom. The van der Waals surface area contributed by atoms with Gasteiger partial charge >= 0.3 is 0 Å². The van der Waals surface area contributed by atoms with Crippen molar-refractivity contribution in [3.8, 4) is 0 Å². The van der Waals surface area contributed by atoms with Gasteiger partial charge in [-0.05, 0) is 64.2 Å². The van der Waals surface area contributed by atoms with E-state index in [-0.39, 0.29) is 24.0 Å². The molecule has 0 aromatic heterocycles. The quantitative estimate of drug-likeness (QED) is 0.275. The minimum Gasteiger partial charge on any atom is -0.356 e. The van der Waals surface area contributed by atoms with Gasteiger partial charge in [-0.15, -0.1) is 24.0 Å². The number of hydrogen-bond donors (Lipinski definition) is 1. The summed E-state index contributed by atoms with van der Waals surface area (Å²) in [5.74, 6) is 1.11. The zero-order chi connectivity index (χ0) is 18.1. The van der Waals surface area contributed by atoms with Crippen LogP contribution in [0.4, 0.5) is 0 Å². The van der Waals surface area contributed by atoms with Crippen molar-refractivity contribution in [2.45, 2.75) is 52.4 Å². The molecule has 5 nitrogen and oxygen atoms in total. The number of aliphatic imine (C=N–C) groups is 1. The highest BCUT2D eigenvalue weighted by Gasteiger charge is 2.31. The third-order valence-corrected chi connectivity index (χ3v) is 5.89. The Kier molecular flexibility index (Phi) is 11.4. The second kappa shape index (κ2) is 12.4. The summed E-state index contributed by atoms with van der Waals surface area (Å²) < 4.78 is 0. The minimum absolute atomic E-state index is 0. The Hall–Kier alpha value is -0.0800. The number of rotatable bonds is 6. The third-order valence-electron chi connectivity index (χ3n) is 5.89. The fraction of sp³-hybridized carbons (Fsp3) is 0.950. The van der Waals surface area contributed by atoms with Crippen LogP contribution in [-0.4, -0.2) is 87.1 Å². The lowest BCUT2D eigenvalue weighted by Crippen LogP contribution is -2.50. The normalized spacial score (nSPS) is 26.3. The molecule has 0 spiro atoms. The molecule has 26 heavy (non-hydrogen) atoms. The molecule has 6 heteroatoms. The standard InChI is InChI=1S/C20H41N5.HI/c1-5-9-20(2)10-6-15-25(18-20)19(21-3)22-11-7-13-24-14-8-12-23(4)16-17-24;/h5-18H2,1-4H3,(H,21,22);1H. The van der Waals surface area contributed by atoms with E-state index in [4.69, 9.17) is 0 Å². The van der Waals surface area contributed by atoms with Crippen molar-refractivity contribution >= 4 is 29.9 Å². The molecular formula is C20H42IN5. The molecule has 2 aliphatic heterocycles. The first-order valence-corrected chi connectivity index (χ1v) is 10.4. The molecule has 2 rings (SSSR count). The highest BCUT2D eigenvalue weighted by Crippen LogP contribution is 2.33. The number of nitrogens with zero attached hydrogens (tertiary/aromatic N) is 4. The molecular weight excluding hydrogens is 437 g/mol. The van der Waals surface area contributed by atoms with E-state index in [1.807, 2.05) is 7.05 Å². The molecule has 0 bridgehead atoms. The predicted molar refractivity (Wildman–Crippen MR) is 124 cm³/mol. The molecule has 0 radical (unpaired) electrons. The molecule has 2 fully saturated rings. The first kappa shape index (κ1) is 24.0. The van der Waals surface area contributed by atoms with Gasteiger partial charge in [-0.25, -0.2) is 0 Å². The van der Waals surface area contributed by atoms with Gasteiger partial charge in [0.15, 0.2) is 5.96 Å². The van der Waals surface area contributed by atoms with Crippen molar-refractivity contribution in [1.29, 1.82) is 0 Å². The topological polar surface area (TPSA) is 34.1 Å². The fourth-order valence-corrected chi connectivity index (χ4v) is 4.46. The van der Waals surface area contributed by atoms with Gasteiger partial charge < -0.3 is 20.0 Å². The summed E-state index contributed by atoms with van der Waals surface area (Å²) in [7, 11) is 4.17. The Bertz CT molecular complexity index is 413. The zero-order valence-corrected chi connectivity index (χ0v) is 19.9. The van der Waals surface area contributed by atoms with Crippen molar-refractivity contribution < 1.29 is 0 Å². The summed E-state index contributed by atoms with van der Waals surface area (Å²) in [6.45, 7) is 14.2. The van der Waals surface area contributed by atoms with Gasteiger partial charge in [-0.3, -0.25) is 4.99 Å². The van der Waals surface area contributed by atoms with Crippen molar-refractivity contribution in [3.05, 3.63) is 0 Å². The Balaban J connectivity index is 0.00000338. The van der Waals surface area contributed by atoms with Crippen LogP contribution in [0.15, 0.2) is 4.99 Å². The molecule has 1 unspecified atom stereocenters. The average molecular weight is 479 g/mol. The SMILES string of the molecule is CCCC1(C)CCCN(C(=NC)NCCCN2CCCN(C)CC2)C1.I. The second-order valence-electron chi connectivity index (χ2n) is 8.41. The summed E-state index contributed by atoms with van der Waals surface area (Å²) in [5, 5.41) is 3.62.